The molecular weight excluding hydrogens is 230 g/mol. The van der Waals surface area contributed by atoms with E-state index in [-0.39, 0.29) is 0 Å². The first-order chi connectivity index (χ1) is 9.01. The van der Waals surface area contributed by atoms with Gasteiger partial charge in [-0.1, -0.05) is 72.1 Å². The number of benzene rings is 1. The molecule has 19 heavy (non-hydrogen) atoms. The molecule has 0 fully saturated rings. The molecule has 1 aromatic carbocycles. The van der Waals surface area contributed by atoms with Crippen molar-refractivity contribution in [2.24, 2.45) is 11.7 Å². The van der Waals surface area contributed by atoms with E-state index in [0.29, 0.717) is 6.54 Å². The standard InChI is InChI=1S/C9H13N.C7H16.C2H6/c1-7-3-4-9(6-10)5-8(7)2;1-4-5-6-7(2)3;1-2/h3-5H,6,10H2,1-2H3;7H,4-6H2,1-3H3;1-2H3. The van der Waals surface area contributed by atoms with Crippen LogP contribution in [0.15, 0.2) is 18.2 Å². The van der Waals surface area contributed by atoms with Gasteiger partial charge in [0.15, 0.2) is 0 Å². The molecule has 0 saturated heterocycles. The Labute approximate surface area is 121 Å². The summed E-state index contributed by atoms with van der Waals surface area (Å²) in [5, 5.41) is 0. The van der Waals surface area contributed by atoms with Crippen molar-refractivity contribution in [2.75, 3.05) is 0 Å². The minimum atomic E-state index is 0.640. The molecule has 0 aliphatic heterocycles. The maximum absolute atomic E-state index is 5.47. The first-order valence-electron chi connectivity index (χ1n) is 7.77. The van der Waals surface area contributed by atoms with Gasteiger partial charge in [-0.05, 0) is 36.5 Å². The highest BCUT2D eigenvalue weighted by molar-refractivity contribution is 5.29. The van der Waals surface area contributed by atoms with Gasteiger partial charge in [-0.3, -0.25) is 0 Å². The average Bonchev–Trinajstić information content (AvgIpc) is 2.42. The predicted molar refractivity (Wildman–Crippen MR) is 89.5 cm³/mol. The molecule has 0 aliphatic rings. The van der Waals surface area contributed by atoms with Crippen LogP contribution in [0.4, 0.5) is 0 Å². The van der Waals surface area contributed by atoms with Crippen LogP contribution in [0.1, 0.15) is 70.6 Å². The van der Waals surface area contributed by atoms with Crippen molar-refractivity contribution in [1.82, 2.24) is 0 Å². The van der Waals surface area contributed by atoms with Crippen LogP contribution in [0.5, 0.6) is 0 Å². The molecule has 0 atom stereocenters. The van der Waals surface area contributed by atoms with Crippen molar-refractivity contribution in [3.05, 3.63) is 34.9 Å². The summed E-state index contributed by atoms with van der Waals surface area (Å²) in [5.41, 5.74) is 9.33. The van der Waals surface area contributed by atoms with Gasteiger partial charge in [0.2, 0.25) is 0 Å². The summed E-state index contributed by atoms with van der Waals surface area (Å²) in [6.07, 6.45) is 4.15. The van der Waals surface area contributed by atoms with Crippen molar-refractivity contribution in [3.63, 3.8) is 0 Å². The van der Waals surface area contributed by atoms with Crippen LogP contribution in [-0.2, 0) is 6.54 Å². The lowest BCUT2D eigenvalue weighted by Crippen LogP contribution is -1.96. The maximum atomic E-state index is 5.47. The second-order valence-electron chi connectivity index (χ2n) is 5.16. The highest BCUT2D eigenvalue weighted by Gasteiger charge is 1.92. The van der Waals surface area contributed by atoms with Crippen LogP contribution in [0.3, 0.4) is 0 Å². The molecule has 1 aromatic rings. The van der Waals surface area contributed by atoms with E-state index in [4.69, 9.17) is 5.73 Å². The fraction of sp³-hybridized carbons (Fsp3) is 0.667. The Morgan fingerprint density at radius 3 is 1.95 bits per heavy atom. The summed E-state index contributed by atoms with van der Waals surface area (Å²) in [4.78, 5) is 0. The Kier molecular flexibility index (Phi) is 14.7. The monoisotopic (exact) mass is 265 g/mol. The summed E-state index contributed by atoms with van der Waals surface area (Å²) < 4.78 is 0. The molecule has 0 unspecified atom stereocenters. The Morgan fingerprint density at radius 1 is 1.05 bits per heavy atom. The molecule has 0 spiro atoms. The first-order valence-corrected chi connectivity index (χ1v) is 7.77. The summed E-state index contributed by atoms with van der Waals surface area (Å²) in [6.45, 7) is 15.6. The fourth-order valence-corrected chi connectivity index (χ4v) is 1.54. The third kappa shape index (κ3) is 12.0. The molecule has 0 aromatic heterocycles. The molecule has 1 rings (SSSR count). The van der Waals surface area contributed by atoms with Gasteiger partial charge in [-0.2, -0.15) is 0 Å². The van der Waals surface area contributed by atoms with E-state index in [1.165, 1.54) is 36.0 Å². The average molecular weight is 265 g/mol. The van der Waals surface area contributed by atoms with E-state index in [1.54, 1.807) is 0 Å². The zero-order valence-electron chi connectivity index (χ0n) is 14.2. The molecule has 112 valence electrons. The van der Waals surface area contributed by atoms with E-state index in [2.05, 4.69) is 52.8 Å². The van der Waals surface area contributed by atoms with Gasteiger partial charge in [0.05, 0.1) is 0 Å². The molecule has 0 aliphatic carbocycles. The number of hydrogen-bond donors (Lipinski definition) is 1. The van der Waals surface area contributed by atoms with Crippen LogP contribution < -0.4 is 5.73 Å². The second kappa shape index (κ2) is 13.6. The number of hydrogen-bond acceptors (Lipinski definition) is 1. The van der Waals surface area contributed by atoms with Gasteiger partial charge < -0.3 is 5.73 Å². The van der Waals surface area contributed by atoms with Gasteiger partial charge in [0.25, 0.3) is 0 Å². The van der Waals surface area contributed by atoms with Gasteiger partial charge in [0.1, 0.15) is 0 Å². The molecule has 2 N–H and O–H groups in total. The van der Waals surface area contributed by atoms with Crippen LogP contribution in [0, 0.1) is 19.8 Å². The second-order valence-corrected chi connectivity index (χ2v) is 5.16. The smallest absolute Gasteiger partial charge is 0.0178 e. The topological polar surface area (TPSA) is 26.0 Å². The zero-order chi connectivity index (χ0) is 15.3. The zero-order valence-corrected chi connectivity index (χ0v) is 14.2. The van der Waals surface area contributed by atoms with Crippen LogP contribution in [-0.4, -0.2) is 0 Å². The summed E-state index contributed by atoms with van der Waals surface area (Å²) >= 11 is 0. The maximum Gasteiger partial charge on any atom is 0.0178 e. The number of nitrogens with two attached hydrogens (primary N) is 1. The first kappa shape index (κ1) is 20.5. The third-order valence-corrected chi connectivity index (χ3v) is 2.94. The summed E-state index contributed by atoms with van der Waals surface area (Å²) in [5.74, 6) is 0.903. The van der Waals surface area contributed by atoms with E-state index in [9.17, 15) is 0 Å². The largest absolute Gasteiger partial charge is 0.326 e. The lowest BCUT2D eigenvalue weighted by molar-refractivity contribution is 0.550. The summed E-state index contributed by atoms with van der Waals surface area (Å²) in [6, 6.07) is 6.31. The van der Waals surface area contributed by atoms with Gasteiger partial charge in [-0.15, -0.1) is 0 Å². The van der Waals surface area contributed by atoms with Gasteiger partial charge >= 0.3 is 0 Å². The minimum absolute atomic E-state index is 0.640. The number of rotatable bonds is 4. The molecule has 0 amide bonds. The van der Waals surface area contributed by atoms with Crippen molar-refractivity contribution in [1.29, 1.82) is 0 Å². The van der Waals surface area contributed by atoms with Crippen molar-refractivity contribution < 1.29 is 0 Å². The van der Waals surface area contributed by atoms with E-state index in [1.807, 2.05) is 13.8 Å². The highest BCUT2D eigenvalue weighted by Crippen LogP contribution is 2.08. The van der Waals surface area contributed by atoms with Crippen LogP contribution in [0.25, 0.3) is 0 Å². The van der Waals surface area contributed by atoms with Gasteiger partial charge in [0, 0.05) is 6.54 Å². The summed E-state index contributed by atoms with van der Waals surface area (Å²) in [7, 11) is 0. The Morgan fingerprint density at radius 2 is 1.63 bits per heavy atom. The molecule has 0 saturated carbocycles. The van der Waals surface area contributed by atoms with E-state index in [0.717, 1.165) is 5.92 Å². The fourth-order valence-electron chi connectivity index (χ4n) is 1.54. The third-order valence-electron chi connectivity index (χ3n) is 2.94. The highest BCUT2D eigenvalue weighted by atomic mass is 14.5. The Hall–Kier alpha value is -0.820. The molecule has 0 heterocycles. The quantitative estimate of drug-likeness (QED) is 0.751. The number of unbranched alkanes of at least 4 members (excludes halogenated alkanes) is 1. The Bertz CT molecular complexity index is 303. The lowest BCUT2D eigenvalue weighted by atomic mass is 10.1. The lowest BCUT2D eigenvalue weighted by Gasteiger charge is -2.01. The van der Waals surface area contributed by atoms with Crippen molar-refractivity contribution >= 4 is 0 Å². The van der Waals surface area contributed by atoms with Crippen molar-refractivity contribution in [3.8, 4) is 0 Å². The minimum Gasteiger partial charge on any atom is -0.326 e. The molecule has 0 bridgehead atoms. The molecule has 1 heteroatoms. The normalized spacial score (nSPS) is 9.32. The SMILES string of the molecule is CC.CCCCC(C)C.Cc1ccc(CN)cc1C. The van der Waals surface area contributed by atoms with E-state index >= 15 is 0 Å². The molecule has 1 nitrogen and oxygen atoms in total. The van der Waals surface area contributed by atoms with Crippen molar-refractivity contribution in [2.45, 2.75) is 74.3 Å². The van der Waals surface area contributed by atoms with Crippen LogP contribution in [0.2, 0.25) is 0 Å². The van der Waals surface area contributed by atoms with Crippen LogP contribution >= 0.6 is 0 Å². The number of aryl methyl sites for hydroxylation is 2. The molecule has 0 radical (unpaired) electrons. The van der Waals surface area contributed by atoms with Gasteiger partial charge in [-0.25, -0.2) is 0 Å². The predicted octanol–water partition coefficient (Wildman–Crippen LogP) is 5.62. The Balaban J connectivity index is 0. The van der Waals surface area contributed by atoms with E-state index < -0.39 is 0 Å². The molecular formula is C18H35N.